The Hall–Kier alpha value is -2.47. The zero-order chi connectivity index (χ0) is 16.6. The Balaban J connectivity index is 1.94. The van der Waals surface area contributed by atoms with Gasteiger partial charge in [-0.25, -0.2) is 4.39 Å². The minimum atomic E-state index is -0.628. The standard InChI is InChI=1S/C17H17FN2O3/c1-10-6-16(22)19-8-14(10)17(23)20-9-13(21)7-15(20)11-2-4-12(18)5-3-11/h2-6,8,13,15,21H,7,9H2,1H3,(H,19,22)/t13-,15-/m0/s1. The van der Waals surface area contributed by atoms with Crippen LogP contribution < -0.4 is 5.56 Å². The molecule has 6 heteroatoms. The third kappa shape index (κ3) is 3.03. The number of aryl methyl sites for hydroxylation is 1. The fraction of sp³-hybridized carbons (Fsp3) is 0.294. The Morgan fingerprint density at radius 2 is 2.04 bits per heavy atom. The Morgan fingerprint density at radius 1 is 1.35 bits per heavy atom. The van der Waals surface area contributed by atoms with E-state index in [1.165, 1.54) is 24.4 Å². The normalized spacial score (nSPS) is 20.7. The van der Waals surface area contributed by atoms with Crippen molar-refractivity contribution in [2.45, 2.75) is 25.5 Å². The Bertz CT molecular complexity index is 785. The lowest BCUT2D eigenvalue weighted by molar-refractivity contribution is 0.0714. The van der Waals surface area contributed by atoms with Crippen molar-refractivity contribution in [3.05, 3.63) is 69.4 Å². The molecule has 0 saturated carbocycles. The summed E-state index contributed by atoms with van der Waals surface area (Å²) in [6, 6.07) is 6.98. The number of hydrogen-bond donors (Lipinski definition) is 2. The van der Waals surface area contributed by atoms with Gasteiger partial charge in [0.1, 0.15) is 5.82 Å². The lowest BCUT2D eigenvalue weighted by atomic mass is 10.0. The van der Waals surface area contributed by atoms with Crippen molar-refractivity contribution < 1.29 is 14.3 Å². The number of H-pyrrole nitrogens is 1. The van der Waals surface area contributed by atoms with E-state index < -0.39 is 6.10 Å². The van der Waals surface area contributed by atoms with Gasteiger partial charge in [0.15, 0.2) is 0 Å². The third-order valence-corrected chi connectivity index (χ3v) is 4.16. The average Bonchev–Trinajstić information content (AvgIpc) is 2.89. The predicted molar refractivity (Wildman–Crippen MR) is 82.6 cm³/mol. The Labute approximate surface area is 132 Å². The number of β-amino-alcohol motifs (C(OH)–C–C–N with tert-alkyl or cyclic N) is 1. The van der Waals surface area contributed by atoms with Gasteiger partial charge in [0, 0.05) is 18.8 Å². The molecule has 2 atom stereocenters. The molecule has 1 aliphatic rings. The highest BCUT2D eigenvalue weighted by Gasteiger charge is 2.36. The number of amides is 1. The second-order valence-corrected chi connectivity index (χ2v) is 5.81. The molecule has 0 unspecified atom stereocenters. The molecule has 1 fully saturated rings. The van der Waals surface area contributed by atoms with E-state index in [2.05, 4.69) is 4.98 Å². The van der Waals surface area contributed by atoms with Crippen molar-refractivity contribution >= 4 is 5.91 Å². The molecule has 1 aliphatic heterocycles. The summed E-state index contributed by atoms with van der Waals surface area (Å²) in [5.41, 5.74) is 1.48. The zero-order valence-corrected chi connectivity index (χ0v) is 12.6. The summed E-state index contributed by atoms with van der Waals surface area (Å²) in [4.78, 5) is 28.2. The van der Waals surface area contributed by atoms with Gasteiger partial charge in [0.2, 0.25) is 5.56 Å². The van der Waals surface area contributed by atoms with Gasteiger partial charge in [-0.15, -0.1) is 0 Å². The van der Waals surface area contributed by atoms with Gasteiger partial charge in [0.25, 0.3) is 5.91 Å². The first-order valence-electron chi connectivity index (χ1n) is 7.39. The third-order valence-electron chi connectivity index (χ3n) is 4.16. The number of aromatic nitrogens is 1. The molecule has 2 N–H and O–H groups in total. The van der Waals surface area contributed by atoms with Crippen LogP contribution in [0.2, 0.25) is 0 Å². The maximum atomic E-state index is 13.1. The van der Waals surface area contributed by atoms with Crippen LogP contribution in [-0.4, -0.2) is 33.5 Å². The van der Waals surface area contributed by atoms with Crippen LogP contribution in [0.4, 0.5) is 4.39 Å². The van der Waals surface area contributed by atoms with Crippen molar-refractivity contribution in [2.24, 2.45) is 0 Å². The minimum Gasteiger partial charge on any atom is -0.391 e. The lowest BCUT2D eigenvalue weighted by Gasteiger charge is -2.25. The molecule has 0 radical (unpaired) electrons. The lowest BCUT2D eigenvalue weighted by Crippen LogP contribution is -2.32. The first kappa shape index (κ1) is 15.4. The molecule has 1 aromatic carbocycles. The Morgan fingerprint density at radius 3 is 2.70 bits per heavy atom. The number of pyridine rings is 1. The van der Waals surface area contributed by atoms with Crippen molar-refractivity contribution in [1.29, 1.82) is 0 Å². The average molecular weight is 316 g/mol. The number of nitrogens with zero attached hydrogens (tertiary/aromatic N) is 1. The number of hydrogen-bond acceptors (Lipinski definition) is 3. The van der Waals surface area contributed by atoms with E-state index >= 15 is 0 Å². The van der Waals surface area contributed by atoms with E-state index in [1.807, 2.05) is 0 Å². The second-order valence-electron chi connectivity index (χ2n) is 5.81. The van der Waals surface area contributed by atoms with Gasteiger partial charge in [-0.3, -0.25) is 9.59 Å². The number of aliphatic hydroxyl groups is 1. The molecule has 1 aromatic heterocycles. The summed E-state index contributed by atoms with van der Waals surface area (Å²) < 4.78 is 13.1. The number of aliphatic hydroxyl groups excluding tert-OH is 1. The summed E-state index contributed by atoms with van der Waals surface area (Å²) in [5.74, 6) is -0.605. The van der Waals surface area contributed by atoms with Crippen LogP contribution in [0.3, 0.4) is 0 Å². The zero-order valence-electron chi connectivity index (χ0n) is 12.6. The molecule has 120 valence electrons. The number of aromatic amines is 1. The Kier molecular flexibility index (Phi) is 4.00. The van der Waals surface area contributed by atoms with Gasteiger partial charge >= 0.3 is 0 Å². The monoisotopic (exact) mass is 316 g/mol. The first-order valence-corrected chi connectivity index (χ1v) is 7.39. The van der Waals surface area contributed by atoms with Crippen LogP contribution in [0, 0.1) is 12.7 Å². The molecular formula is C17H17FN2O3. The van der Waals surface area contributed by atoms with Crippen LogP contribution in [0.5, 0.6) is 0 Å². The highest BCUT2D eigenvalue weighted by atomic mass is 19.1. The van der Waals surface area contributed by atoms with E-state index in [0.717, 1.165) is 5.56 Å². The quantitative estimate of drug-likeness (QED) is 0.887. The van der Waals surface area contributed by atoms with Gasteiger partial charge < -0.3 is 15.0 Å². The van der Waals surface area contributed by atoms with Crippen molar-refractivity contribution in [2.75, 3.05) is 6.54 Å². The van der Waals surface area contributed by atoms with Crippen LogP contribution in [0.25, 0.3) is 0 Å². The maximum absolute atomic E-state index is 13.1. The molecule has 0 bridgehead atoms. The molecule has 1 amide bonds. The first-order chi connectivity index (χ1) is 11.0. The number of nitrogens with one attached hydrogen (secondary N) is 1. The molecular weight excluding hydrogens is 299 g/mol. The van der Waals surface area contributed by atoms with Crippen molar-refractivity contribution in [3.8, 4) is 0 Å². The topological polar surface area (TPSA) is 73.4 Å². The highest BCUT2D eigenvalue weighted by Crippen LogP contribution is 2.33. The summed E-state index contributed by atoms with van der Waals surface area (Å²) in [6.07, 6.45) is 1.17. The van der Waals surface area contributed by atoms with Crippen molar-refractivity contribution in [1.82, 2.24) is 9.88 Å². The maximum Gasteiger partial charge on any atom is 0.256 e. The fourth-order valence-corrected chi connectivity index (χ4v) is 3.00. The summed E-state index contributed by atoms with van der Waals surface area (Å²) in [7, 11) is 0. The van der Waals surface area contributed by atoms with Gasteiger partial charge in [-0.05, 0) is 36.6 Å². The van der Waals surface area contributed by atoms with E-state index in [9.17, 15) is 19.1 Å². The number of rotatable bonds is 2. The van der Waals surface area contributed by atoms with Crippen LogP contribution in [0.1, 0.15) is 33.9 Å². The number of benzene rings is 1. The fourth-order valence-electron chi connectivity index (χ4n) is 3.00. The number of carbonyl (C=O) groups excluding carboxylic acids is 1. The van der Waals surface area contributed by atoms with Crippen LogP contribution in [0.15, 0.2) is 41.3 Å². The molecule has 1 saturated heterocycles. The van der Waals surface area contributed by atoms with E-state index in [4.69, 9.17) is 0 Å². The van der Waals surface area contributed by atoms with E-state index in [-0.39, 0.29) is 29.9 Å². The predicted octanol–water partition coefficient (Wildman–Crippen LogP) is 1.77. The SMILES string of the molecule is Cc1cc(=O)[nH]cc1C(=O)N1C[C@@H](O)C[C@H]1c1ccc(F)cc1. The molecule has 23 heavy (non-hydrogen) atoms. The van der Waals surface area contributed by atoms with Crippen LogP contribution >= 0.6 is 0 Å². The van der Waals surface area contributed by atoms with Gasteiger partial charge in [-0.2, -0.15) is 0 Å². The molecule has 2 heterocycles. The van der Waals surface area contributed by atoms with Gasteiger partial charge in [0.05, 0.1) is 17.7 Å². The van der Waals surface area contributed by atoms with Crippen molar-refractivity contribution in [3.63, 3.8) is 0 Å². The van der Waals surface area contributed by atoms with E-state index in [1.54, 1.807) is 24.0 Å². The summed E-state index contributed by atoms with van der Waals surface area (Å²) >= 11 is 0. The number of halogens is 1. The number of likely N-dealkylation sites (tertiary alicyclic amines) is 1. The molecule has 2 aromatic rings. The smallest absolute Gasteiger partial charge is 0.256 e. The molecule has 5 nitrogen and oxygen atoms in total. The summed E-state index contributed by atoms with van der Waals surface area (Å²) in [5, 5.41) is 9.97. The van der Waals surface area contributed by atoms with E-state index in [0.29, 0.717) is 17.5 Å². The summed E-state index contributed by atoms with van der Waals surface area (Å²) in [6.45, 7) is 1.90. The molecule has 0 aliphatic carbocycles. The number of carbonyl (C=O) groups is 1. The largest absolute Gasteiger partial charge is 0.391 e. The molecule has 0 spiro atoms. The highest BCUT2D eigenvalue weighted by molar-refractivity contribution is 5.95. The van der Waals surface area contributed by atoms with Gasteiger partial charge in [-0.1, -0.05) is 12.1 Å². The molecule has 3 rings (SSSR count). The van der Waals surface area contributed by atoms with Crippen LogP contribution in [-0.2, 0) is 0 Å². The minimum absolute atomic E-state index is 0.208. The second kappa shape index (κ2) is 5.96.